The molecule has 6 nitrogen and oxygen atoms in total. The van der Waals surface area contributed by atoms with Gasteiger partial charge in [-0.3, -0.25) is 0 Å². The highest BCUT2D eigenvalue weighted by Crippen LogP contribution is 2.33. The molecular formula is C15H27N5O. The molecule has 1 saturated heterocycles. The number of nitrogens with zero attached hydrogens (tertiary/aromatic N) is 3. The van der Waals surface area contributed by atoms with Crippen LogP contribution in [0.2, 0.25) is 0 Å². The molecule has 1 aromatic heterocycles. The summed E-state index contributed by atoms with van der Waals surface area (Å²) in [6.07, 6.45) is 0.777. The fraction of sp³-hybridized carbons (Fsp3) is 0.733. The number of hydrazine groups is 1. The van der Waals surface area contributed by atoms with Crippen LogP contribution >= 0.6 is 0 Å². The van der Waals surface area contributed by atoms with Gasteiger partial charge in [0.2, 0.25) is 0 Å². The molecule has 1 aliphatic rings. The van der Waals surface area contributed by atoms with Crippen LogP contribution in [-0.2, 0) is 11.2 Å². The number of nitrogens with two attached hydrogens (primary N) is 1. The van der Waals surface area contributed by atoms with E-state index >= 15 is 0 Å². The normalized spacial score (nSPS) is 20.4. The largest absolute Gasteiger partial charge is 0.366 e. The molecule has 0 atom stereocenters. The Bertz CT molecular complexity index is 511. The molecule has 0 unspecified atom stereocenters. The van der Waals surface area contributed by atoms with E-state index < -0.39 is 0 Å². The zero-order chi connectivity index (χ0) is 15.8. The van der Waals surface area contributed by atoms with Gasteiger partial charge in [-0.05, 0) is 34.6 Å². The summed E-state index contributed by atoms with van der Waals surface area (Å²) in [6, 6.07) is 0. The molecule has 6 heteroatoms. The van der Waals surface area contributed by atoms with Crippen LogP contribution < -0.4 is 16.2 Å². The van der Waals surface area contributed by atoms with E-state index in [0.717, 1.165) is 36.7 Å². The lowest BCUT2D eigenvalue weighted by Gasteiger charge is -2.48. The van der Waals surface area contributed by atoms with Crippen molar-refractivity contribution in [1.29, 1.82) is 0 Å². The van der Waals surface area contributed by atoms with E-state index in [1.807, 2.05) is 13.8 Å². The number of hydrogen-bond donors (Lipinski definition) is 2. The first kappa shape index (κ1) is 16.0. The van der Waals surface area contributed by atoms with Gasteiger partial charge in [-0.2, -0.15) is 0 Å². The summed E-state index contributed by atoms with van der Waals surface area (Å²) < 4.78 is 6.14. The van der Waals surface area contributed by atoms with E-state index in [1.165, 1.54) is 0 Å². The quantitative estimate of drug-likeness (QED) is 0.656. The van der Waals surface area contributed by atoms with E-state index in [1.54, 1.807) is 0 Å². The molecular weight excluding hydrogens is 266 g/mol. The lowest BCUT2D eigenvalue weighted by atomic mass is 9.98. The number of rotatable bonds is 3. The smallest absolute Gasteiger partial charge is 0.148 e. The maximum atomic E-state index is 6.14. The second-order valence-electron chi connectivity index (χ2n) is 6.91. The molecule has 0 saturated carbocycles. The van der Waals surface area contributed by atoms with Crippen LogP contribution in [0.15, 0.2) is 0 Å². The molecule has 2 rings (SSSR count). The lowest BCUT2D eigenvalue weighted by Crippen LogP contribution is -2.57. The summed E-state index contributed by atoms with van der Waals surface area (Å²) in [5, 5.41) is 0. The third-order valence-corrected chi connectivity index (χ3v) is 3.61. The highest BCUT2D eigenvalue weighted by Gasteiger charge is 2.39. The Morgan fingerprint density at radius 1 is 1.19 bits per heavy atom. The zero-order valence-corrected chi connectivity index (χ0v) is 13.9. The summed E-state index contributed by atoms with van der Waals surface area (Å²) in [7, 11) is 0. The van der Waals surface area contributed by atoms with E-state index in [9.17, 15) is 0 Å². The van der Waals surface area contributed by atoms with Gasteiger partial charge in [-0.15, -0.1) is 0 Å². The second kappa shape index (κ2) is 5.42. The molecule has 0 bridgehead atoms. The van der Waals surface area contributed by atoms with E-state index in [2.05, 4.69) is 43.0 Å². The van der Waals surface area contributed by atoms with Crippen LogP contribution in [0.4, 0.5) is 11.6 Å². The molecule has 0 amide bonds. The number of nitrogens with one attached hydrogen (secondary N) is 1. The number of anilines is 2. The fourth-order valence-electron chi connectivity index (χ4n) is 3.09. The van der Waals surface area contributed by atoms with Crippen LogP contribution in [0.1, 0.15) is 46.0 Å². The molecule has 0 aliphatic carbocycles. The predicted molar refractivity (Wildman–Crippen MR) is 85.4 cm³/mol. The third-order valence-electron chi connectivity index (χ3n) is 3.61. The van der Waals surface area contributed by atoms with Crippen molar-refractivity contribution in [2.75, 3.05) is 23.4 Å². The Morgan fingerprint density at radius 3 is 2.24 bits per heavy atom. The Kier molecular flexibility index (Phi) is 4.13. The second-order valence-corrected chi connectivity index (χ2v) is 6.91. The number of aromatic nitrogens is 2. The molecule has 1 aliphatic heterocycles. The Labute approximate surface area is 127 Å². The summed E-state index contributed by atoms with van der Waals surface area (Å²) in [6.45, 7) is 14.1. The van der Waals surface area contributed by atoms with Crippen LogP contribution in [0, 0.1) is 6.92 Å². The van der Waals surface area contributed by atoms with Crippen LogP contribution in [0.3, 0.4) is 0 Å². The standard InChI is InChI=1S/C15H27N5O/c1-7-11-17-12(19-16)10(2)13(18-11)20-8-14(3,4)21-15(5,6)9-20/h7-9,16H2,1-6H3,(H,17,18,19). The lowest BCUT2D eigenvalue weighted by molar-refractivity contribution is -0.133. The number of ether oxygens (including phenoxy) is 1. The zero-order valence-electron chi connectivity index (χ0n) is 13.9. The van der Waals surface area contributed by atoms with Crippen LogP contribution in [0.5, 0.6) is 0 Å². The van der Waals surface area contributed by atoms with Gasteiger partial charge in [0.25, 0.3) is 0 Å². The molecule has 0 spiro atoms. The third kappa shape index (κ3) is 3.44. The van der Waals surface area contributed by atoms with Crippen molar-refractivity contribution in [3.63, 3.8) is 0 Å². The summed E-state index contributed by atoms with van der Waals surface area (Å²) in [5.74, 6) is 8.03. The molecule has 118 valence electrons. The number of hydrogen-bond acceptors (Lipinski definition) is 6. The molecule has 0 radical (unpaired) electrons. The molecule has 21 heavy (non-hydrogen) atoms. The first-order valence-electron chi connectivity index (χ1n) is 7.47. The van der Waals surface area contributed by atoms with Gasteiger partial charge >= 0.3 is 0 Å². The van der Waals surface area contributed by atoms with Gasteiger partial charge < -0.3 is 15.1 Å². The van der Waals surface area contributed by atoms with Gasteiger partial charge in [-0.1, -0.05) is 6.92 Å². The predicted octanol–water partition coefficient (Wildman–Crippen LogP) is 2.03. The monoisotopic (exact) mass is 293 g/mol. The van der Waals surface area contributed by atoms with E-state index in [-0.39, 0.29) is 11.2 Å². The summed E-state index contributed by atoms with van der Waals surface area (Å²) in [4.78, 5) is 11.4. The SMILES string of the molecule is CCc1nc(NN)c(C)c(N2CC(C)(C)OC(C)(C)C2)n1. The molecule has 0 aromatic carbocycles. The molecule has 3 N–H and O–H groups in total. The van der Waals surface area contributed by atoms with Crippen LogP contribution in [-0.4, -0.2) is 34.3 Å². The van der Waals surface area contributed by atoms with Crippen molar-refractivity contribution in [2.45, 2.75) is 59.2 Å². The van der Waals surface area contributed by atoms with Crippen molar-refractivity contribution in [1.82, 2.24) is 9.97 Å². The van der Waals surface area contributed by atoms with Gasteiger partial charge in [0, 0.05) is 25.1 Å². The summed E-state index contributed by atoms with van der Waals surface area (Å²) in [5.41, 5.74) is 3.22. The average molecular weight is 293 g/mol. The minimum absolute atomic E-state index is 0.220. The van der Waals surface area contributed by atoms with Crippen molar-refractivity contribution in [3.8, 4) is 0 Å². The maximum Gasteiger partial charge on any atom is 0.148 e. The topological polar surface area (TPSA) is 76.3 Å². The molecule has 2 heterocycles. The van der Waals surface area contributed by atoms with Crippen LogP contribution in [0.25, 0.3) is 0 Å². The fourth-order valence-corrected chi connectivity index (χ4v) is 3.09. The van der Waals surface area contributed by atoms with Gasteiger partial charge in [-0.25, -0.2) is 15.8 Å². The number of morpholine rings is 1. The van der Waals surface area contributed by atoms with E-state index in [4.69, 9.17) is 15.6 Å². The molecule has 1 fully saturated rings. The minimum atomic E-state index is -0.220. The van der Waals surface area contributed by atoms with Gasteiger partial charge in [0.1, 0.15) is 17.5 Å². The first-order chi connectivity index (χ1) is 9.67. The van der Waals surface area contributed by atoms with Crippen molar-refractivity contribution < 1.29 is 4.74 Å². The van der Waals surface area contributed by atoms with Gasteiger partial charge in [0.05, 0.1) is 11.2 Å². The van der Waals surface area contributed by atoms with Crippen molar-refractivity contribution in [2.24, 2.45) is 5.84 Å². The average Bonchev–Trinajstić information content (AvgIpc) is 2.35. The Hall–Kier alpha value is -1.40. The van der Waals surface area contributed by atoms with Crippen molar-refractivity contribution >= 4 is 11.6 Å². The minimum Gasteiger partial charge on any atom is -0.366 e. The van der Waals surface area contributed by atoms with Crippen molar-refractivity contribution in [3.05, 3.63) is 11.4 Å². The summed E-state index contributed by atoms with van der Waals surface area (Å²) >= 11 is 0. The maximum absolute atomic E-state index is 6.14. The number of aryl methyl sites for hydroxylation is 1. The van der Waals surface area contributed by atoms with Gasteiger partial charge in [0.15, 0.2) is 0 Å². The van der Waals surface area contributed by atoms with E-state index in [0.29, 0.717) is 5.82 Å². The molecule has 1 aromatic rings. The number of nitrogen functional groups attached to an aromatic ring is 1. The first-order valence-corrected chi connectivity index (χ1v) is 7.47. The highest BCUT2D eigenvalue weighted by molar-refractivity contribution is 5.58. The highest BCUT2D eigenvalue weighted by atomic mass is 16.5. The Balaban J connectivity index is 2.45. The Morgan fingerprint density at radius 2 is 1.76 bits per heavy atom.